The SMILES string of the molecule is C[C@@H](NC(=O)[C@@H](Cc1ccccc1)NC(=O)[C@@H](Cc1ccc(O)cc1)NC(=O)CNC(=O)[C@H](N)Cc1c[nH]c2ccccc12)C(=O)O. The lowest BCUT2D eigenvalue weighted by Gasteiger charge is -2.24. The molecule has 47 heavy (non-hydrogen) atoms. The molecule has 0 aliphatic carbocycles. The Hall–Kier alpha value is -5.69. The van der Waals surface area contributed by atoms with Gasteiger partial charge in [0.25, 0.3) is 0 Å². The fourth-order valence-corrected chi connectivity index (χ4v) is 4.96. The van der Waals surface area contributed by atoms with Crippen LogP contribution in [0.2, 0.25) is 0 Å². The molecule has 1 aromatic heterocycles. The van der Waals surface area contributed by atoms with Gasteiger partial charge >= 0.3 is 5.97 Å². The average molecular weight is 643 g/mol. The lowest BCUT2D eigenvalue weighted by molar-refractivity contribution is -0.141. The summed E-state index contributed by atoms with van der Waals surface area (Å²) in [7, 11) is 0. The molecule has 0 aliphatic rings. The Kier molecular flexibility index (Phi) is 11.7. The number of rotatable bonds is 15. The minimum Gasteiger partial charge on any atom is -0.508 e. The fourth-order valence-electron chi connectivity index (χ4n) is 4.96. The first-order chi connectivity index (χ1) is 22.5. The number of fused-ring (bicyclic) bond motifs is 1. The van der Waals surface area contributed by atoms with Crippen molar-refractivity contribution in [2.24, 2.45) is 5.73 Å². The van der Waals surface area contributed by atoms with Gasteiger partial charge in [0.2, 0.25) is 23.6 Å². The molecule has 9 N–H and O–H groups in total. The number of carbonyl (C=O) groups excluding carboxylic acids is 4. The number of para-hydroxylation sites is 1. The molecular formula is C34H38N6O7. The fraction of sp³-hybridized carbons (Fsp3) is 0.265. The lowest BCUT2D eigenvalue weighted by atomic mass is 10.0. The summed E-state index contributed by atoms with van der Waals surface area (Å²) in [5.74, 6) is -3.91. The van der Waals surface area contributed by atoms with Crippen LogP contribution >= 0.6 is 0 Å². The first-order valence-electron chi connectivity index (χ1n) is 15.0. The molecule has 1 heterocycles. The zero-order valence-corrected chi connectivity index (χ0v) is 25.7. The number of aromatic hydroxyl groups is 1. The monoisotopic (exact) mass is 642 g/mol. The van der Waals surface area contributed by atoms with E-state index in [1.54, 1.807) is 48.7 Å². The number of aromatic amines is 1. The van der Waals surface area contributed by atoms with Crippen LogP contribution in [0.5, 0.6) is 5.75 Å². The number of phenolic OH excluding ortho intramolecular Hbond substituents is 1. The number of H-pyrrole nitrogens is 1. The molecular weight excluding hydrogens is 604 g/mol. The van der Waals surface area contributed by atoms with Crippen molar-refractivity contribution >= 4 is 40.5 Å². The molecule has 4 amide bonds. The molecule has 0 saturated heterocycles. The third-order valence-electron chi connectivity index (χ3n) is 7.55. The largest absolute Gasteiger partial charge is 0.508 e. The maximum absolute atomic E-state index is 13.6. The van der Waals surface area contributed by atoms with Crippen LogP contribution in [0.25, 0.3) is 10.9 Å². The highest BCUT2D eigenvalue weighted by Gasteiger charge is 2.29. The van der Waals surface area contributed by atoms with Gasteiger partial charge in [-0.05, 0) is 48.2 Å². The second kappa shape index (κ2) is 16.0. The van der Waals surface area contributed by atoms with E-state index in [1.165, 1.54) is 19.1 Å². The summed E-state index contributed by atoms with van der Waals surface area (Å²) in [6.45, 7) is 0.833. The van der Waals surface area contributed by atoms with Crippen LogP contribution < -0.4 is 27.0 Å². The number of aliphatic carboxylic acids is 1. The van der Waals surface area contributed by atoms with E-state index in [9.17, 15) is 34.2 Å². The van der Waals surface area contributed by atoms with Crippen LogP contribution in [0.3, 0.4) is 0 Å². The molecule has 0 fully saturated rings. The van der Waals surface area contributed by atoms with Crippen molar-refractivity contribution in [3.63, 3.8) is 0 Å². The Morgan fingerprint density at radius 3 is 2.02 bits per heavy atom. The first-order valence-corrected chi connectivity index (χ1v) is 15.0. The van der Waals surface area contributed by atoms with Crippen molar-refractivity contribution in [3.05, 3.63) is 102 Å². The van der Waals surface area contributed by atoms with Gasteiger partial charge in [-0.3, -0.25) is 24.0 Å². The highest BCUT2D eigenvalue weighted by molar-refractivity contribution is 5.95. The van der Waals surface area contributed by atoms with Crippen LogP contribution in [-0.2, 0) is 43.2 Å². The number of carbonyl (C=O) groups is 5. The standard InChI is InChI=1S/C34H38N6O7/c1-20(34(46)47)38-32(44)29(15-21-7-3-2-4-8-21)40-33(45)28(16-22-11-13-24(41)14-12-22)39-30(42)19-37-31(43)26(35)17-23-18-36-27-10-6-5-9-25(23)27/h2-14,18,20,26,28-29,36,41H,15-17,19,35H2,1H3,(H,37,43)(H,38,44)(H,39,42)(H,40,45)(H,46,47)/t20-,26-,28-,29-/m1/s1. The molecule has 0 spiro atoms. The molecule has 0 aliphatic heterocycles. The van der Waals surface area contributed by atoms with Crippen molar-refractivity contribution in [1.29, 1.82) is 0 Å². The number of carboxylic acid groups (broad SMARTS) is 1. The van der Waals surface area contributed by atoms with Crippen LogP contribution in [-0.4, -0.2) is 75.5 Å². The summed E-state index contributed by atoms with van der Waals surface area (Å²) in [5, 5.41) is 30.1. The Balaban J connectivity index is 1.44. The van der Waals surface area contributed by atoms with Crippen molar-refractivity contribution < 1.29 is 34.2 Å². The highest BCUT2D eigenvalue weighted by atomic mass is 16.4. The van der Waals surface area contributed by atoms with Gasteiger partial charge in [0.15, 0.2) is 0 Å². The van der Waals surface area contributed by atoms with Gasteiger partial charge in [0.05, 0.1) is 12.6 Å². The van der Waals surface area contributed by atoms with Crippen molar-refractivity contribution in [2.75, 3.05) is 6.54 Å². The lowest BCUT2D eigenvalue weighted by Crippen LogP contribution is -2.57. The number of hydrogen-bond donors (Lipinski definition) is 8. The summed E-state index contributed by atoms with van der Waals surface area (Å²) < 4.78 is 0. The molecule has 246 valence electrons. The van der Waals surface area contributed by atoms with Gasteiger partial charge in [0.1, 0.15) is 23.9 Å². The molecule has 4 rings (SSSR count). The molecule has 4 atom stereocenters. The van der Waals surface area contributed by atoms with E-state index >= 15 is 0 Å². The van der Waals surface area contributed by atoms with Crippen LogP contribution in [0.1, 0.15) is 23.6 Å². The van der Waals surface area contributed by atoms with E-state index < -0.39 is 60.3 Å². The smallest absolute Gasteiger partial charge is 0.325 e. The molecule has 13 nitrogen and oxygen atoms in total. The number of aromatic nitrogens is 1. The number of nitrogens with two attached hydrogens (primary N) is 1. The number of amides is 4. The van der Waals surface area contributed by atoms with Gasteiger partial charge in [0, 0.05) is 29.9 Å². The van der Waals surface area contributed by atoms with E-state index in [0.717, 1.165) is 16.5 Å². The third-order valence-corrected chi connectivity index (χ3v) is 7.55. The summed E-state index contributed by atoms with van der Waals surface area (Å²) in [6, 6.07) is 17.9. The van der Waals surface area contributed by atoms with Crippen LogP contribution in [0.15, 0.2) is 85.1 Å². The summed E-state index contributed by atoms with van der Waals surface area (Å²) in [4.78, 5) is 67.0. The predicted molar refractivity (Wildman–Crippen MR) is 174 cm³/mol. The van der Waals surface area contributed by atoms with Gasteiger partial charge < -0.3 is 42.2 Å². The molecule has 0 bridgehead atoms. The Morgan fingerprint density at radius 2 is 1.34 bits per heavy atom. The van der Waals surface area contributed by atoms with Crippen LogP contribution in [0.4, 0.5) is 0 Å². The van der Waals surface area contributed by atoms with Gasteiger partial charge in [-0.15, -0.1) is 0 Å². The maximum atomic E-state index is 13.6. The van der Waals surface area contributed by atoms with Crippen LogP contribution in [0, 0.1) is 0 Å². The van der Waals surface area contributed by atoms with E-state index in [-0.39, 0.29) is 25.0 Å². The third kappa shape index (κ3) is 9.90. The molecule has 0 saturated carbocycles. The van der Waals surface area contributed by atoms with Gasteiger partial charge in [-0.25, -0.2) is 0 Å². The number of carboxylic acids is 1. The summed E-state index contributed by atoms with van der Waals surface area (Å²) in [5.41, 5.74) is 9.20. The van der Waals surface area contributed by atoms with E-state index in [2.05, 4.69) is 26.3 Å². The Labute approximate surface area is 270 Å². The molecule has 0 radical (unpaired) electrons. The summed E-state index contributed by atoms with van der Waals surface area (Å²) in [6.07, 6.45) is 2.05. The highest BCUT2D eigenvalue weighted by Crippen LogP contribution is 2.19. The first kappa shape index (κ1) is 34.2. The van der Waals surface area contributed by atoms with E-state index in [4.69, 9.17) is 5.73 Å². The maximum Gasteiger partial charge on any atom is 0.325 e. The normalized spacial score (nSPS) is 13.5. The average Bonchev–Trinajstić information content (AvgIpc) is 3.46. The van der Waals surface area contributed by atoms with Crippen molar-refractivity contribution in [2.45, 2.75) is 50.4 Å². The zero-order valence-electron chi connectivity index (χ0n) is 25.7. The predicted octanol–water partition coefficient (Wildman–Crippen LogP) is 0.904. The van der Waals surface area contributed by atoms with E-state index in [0.29, 0.717) is 11.1 Å². The van der Waals surface area contributed by atoms with E-state index in [1.807, 2.05) is 24.3 Å². The molecule has 13 heteroatoms. The summed E-state index contributed by atoms with van der Waals surface area (Å²) >= 11 is 0. The molecule has 0 unspecified atom stereocenters. The quantitative estimate of drug-likeness (QED) is 0.0930. The van der Waals surface area contributed by atoms with Crippen molar-refractivity contribution in [3.8, 4) is 5.75 Å². The number of hydrogen-bond acceptors (Lipinski definition) is 7. The second-order valence-electron chi connectivity index (χ2n) is 11.2. The topological polar surface area (TPSA) is 216 Å². The Bertz CT molecular complexity index is 1710. The second-order valence-corrected chi connectivity index (χ2v) is 11.2. The molecule has 4 aromatic rings. The minimum atomic E-state index is -1.25. The molecule has 3 aromatic carbocycles. The Morgan fingerprint density at radius 1 is 0.745 bits per heavy atom. The number of benzene rings is 3. The van der Waals surface area contributed by atoms with Gasteiger partial charge in [-0.2, -0.15) is 0 Å². The zero-order chi connectivity index (χ0) is 33.9. The van der Waals surface area contributed by atoms with Crippen molar-refractivity contribution in [1.82, 2.24) is 26.3 Å². The number of nitrogens with one attached hydrogen (secondary N) is 5. The minimum absolute atomic E-state index is 0.0117. The van der Waals surface area contributed by atoms with Gasteiger partial charge in [-0.1, -0.05) is 60.7 Å². The number of phenols is 1.